The second-order valence-electron chi connectivity index (χ2n) is 5.40. The molecule has 0 saturated heterocycles. The lowest BCUT2D eigenvalue weighted by Crippen LogP contribution is -1.95. The lowest BCUT2D eigenvalue weighted by molar-refractivity contribution is 0.566. The lowest BCUT2D eigenvalue weighted by atomic mass is 10.3. The maximum atomic E-state index is 5.65. The highest BCUT2D eigenvalue weighted by atomic mass is 35.5. The maximum absolute atomic E-state index is 5.65. The first-order valence-electron chi connectivity index (χ1n) is 7.24. The molecule has 7 nitrogen and oxygen atoms in total. The van der Waals surface area contributed by atoms with Gasteiger partial charge in [0.2, 0.25) is 22.7 Å². The number of halogens is 1. The monoisotopic (exact) mass is 345 g/mol. The normalized spacial score (nSPS) is 10.9. The smallest absolute Gasteiger partial charge is 0.231 e. The minimum Gasteiger partial charge on any atom is -0.443 e. The standard InChI is InChI=1S/C8H7ClN2O.C8H9N3O/c2*1-4-3-6-5(2)10-8(9)11-7(6)12-4/h3H,1-2H3;3H,1-2H3,(H2,9,10,11). The van der Waals surface area contributed by atoms with E-state index in [2.05, 4.69) is 19.9 Å². The van der Waals surface area contributed by atoms with Gasteiger partial charge in [0.15, 0.2) is 0 Å². The van der Waals surface area contributed by atoms with Gasteiger partial charge in [0.25, 0.3) is 0 Å². The Kier molecular flexibility index (Phi) is 4.11. The molecule has 0 aliphatic carbocycles. The number of rotatable bonds is 0. The van der Waals surface area contributed by atoms with Crippen molar-refractivity contribution < 1.29 is 8.83 Å². The van der Waals surface area contributed by atoms with Crippen LogP contribution in [0.2, 0.25) is 5.28 Å². The number of fused-ring (bicyclic) bond motifs is 2. The summed E-state index contributed by atoms with van der Waals surface area (Å²) in [7, 11) is 0. The quantitative estimate of drug-likeness (QED) is 0.481. The van der Waals surface area contributed by atoms with Crippen molar-refractivity contribution in [2.24, 2.45) is 0 Å². The first kappa shape index (κ1) is 16.2. The van der Waals surface area contributed by atoms with E-state index in [1.165, 1.54) is 0 Å². The van der Waals surface area contributed by atoms with Crippen LogP contribution in [0.15, 0.2) is 21.0 Å². The Labute approximate surface area is 142 Å². The highest BCUT2D eigenvalue weighted by Crippen LogP contribution is 2.21. The molecule has 4 rings (SSSR count). The Hall–Kier alpha value is -2.67. The molecular formula is C16H16ClN5O2. The van der Waals surface area contributed by atoms with Gasteiger partial charge in [0.1, 0.15) is 11.5 Å². The zero-order valence-electron chi connectivity index (χ0n) is 13.7. The van der Waals surface area contributed by atoms with Crippen LogP contribution in [-0.2, 0) is 0 Å². The van der Waals surface area contributed by atoms with Gasteiger partial charge in [-0.2, -0.15) is 9.97 Å². The van der Waals surface area contributed by atoms with E-state index in [0.29, 0.717) is 11.4 Å². The van der Waals surface area contributed by atoms with Crippen LogP contribution in [0.1, 0.15) is 22.9 Å². The molecule has 0 saturated carbocycles. The number of aromatic nitrogens is 4. The predicted molar refractivity (Wildman–Crippen MR) is 92.0 cm³/mol. The molecule has 4 heterocycles. The Morgan fingerprint density at radius 1 is 0.792 bits per heavy atom. The first-order chi connectivity index (χ1) is 11.3. The molecule has 8 heteroatoms. The topological polar surface area (TPSA) is 104 Å². The second kappa shape index (κ2) is 6.09. The van der Waals surface area contributed by atoms with Crippen molar-refractivity contribution in [1.29, 1.82) is 0 Å². The van der Waals surface area contributed by atoms with E-state index in [0.717, 1.165) is 33.7 Å². The molecule has 0 unspecified atom stereocenters. The van der Waals surface area contributed by atoms with Crippen LogP contribution in [0.4, 0.5) is 5.95 Å². The van der Waals surface area contributed by atoms with Crippen LogP contribution >= 0.6 is 11.6 Å². The Balaban J connectivity index is 0.000000141. The van der Waals surface area contributed by atoms with Gasteiger partial charge in [-0.3, -0.25) is 0 Å². The average Bonchev–Trinajstić information content (AvgIpc) is 3.01. The molecule has 4 aromatic rings. The molecule has 24 heavy (non-hydrogen) atoms. The van der Waals surface area contributed by atoms with E-state index < -0.39 is 0 Å². The van der Waals surface area contributed by atoms with E-state index in [1.54, 1.807) is 0 Å². The van der Waals surface area contributed by atoms with Crippen LogP contribution in [0.3, 0.4) is 0 Å². The fraction of sp³-hybridized carbons (Fsp3) is 0.250. The van der Waals surface area contributed by atoms with Gasteiger partial charge in [-0.25, -0.2) is 9.97 Å². The fourth-order valence-corrected chi connectivity index (χ4v) is 2.56. The van der Waals surface area contributed by atoms with Crippen molar-refractivity contribution in [3.8, 4) is 0 Å². The summed E-state index contributed by atoms with van der Waals surface area (Å²) in [5.41, 5.74) is 8.28. The van der Waals surface area contributed by atoms with E-state index in [4.69, 9.17) is 26.2 Å². The molecule has 0 aliphatic heterocycles. The molecule has 2 N–H and O–H groups in total. The average molecular weight is 346 g/mol. The van der Waals surface area contributed by atoms with Crippen LogP contribution in [0.25, 0.3) is 22.2 Å². The van der Waals surface area contributed by atoms with Crippen molar-refractivity contribution in [3.05, 3.63) is 40.3 Å². The summed E-state index contributed by atoms with van der Waals surface area (Å²) in [5, 5.41) is 2.09. The molecule has 0 fully saturated rings. The largest absolute Gasteiger partial charge is 0.443 e. The zero-order valence-corrected chi connectivity index (χ0v) is 14.5. The van der Waals surface area contributed by atoms with Crippen LogP contribution in [0, 0.1) is 27.7 Å². The number of nitrogens with two attached hydrogens (primary N) is 1. The molecule has 0 bridgehead atoms. The first-order valence-corrected chi connectivity index (χ1v) is 7.62. The molecule has 0 radical (unpaired) electrons. The van der Waals surface area contributed by atoms with Crippen molar-refractivity contribution in [2.75, 3.05) is 5.73 Å². The highest BCUT2D eigenvalue weighted by Gasteiger charge is 2.07. The molecule has 4 aromatic heterocycles. The Bertz CT molecular complexity index is 954. The van der Waals surface area contributed by atoms with Gasteiger partial charge in [-0.05, 0) is 51.4 Å². The van der Waals surface area contributed by atoms with Crippen molar-refractivity contribution in [2.45, 2.75) is 27.7 Å². The Morgan fingerprint density at radius 3 is 1.88 bits per heavy atom. The van der Waals surface area contributed by atoms with Gasteiger partial charge in [0.05, 0.1) is 22.2 Å². The molecule has 124 valence electrons. The van der Waals surface area contributed by atoms with E-state index in [1.807, 2.05) is 39.8 Å². The summed E-state index contributed by atoms with van der Waals surface area (Å²) in [6.45, 7) is 7.51. The predicted octanol–water partition coefficient (Wildman–Crippen LogP) is 3.91. The van der Waals surface area contributed by atoms with E-state index in [9.17, 15) is 0 Å². The third-order valence-corrected chi connectivity index (χ3v) is 3.57. The number of anilines is 1. The molecular weight excluding hydrogens is 330 g/mol. The van der Waals surface area contributed by atoms with Crippen molar-refractivity contribution in [1.82, 2.24) is 19.9 Å². The van der Waals surface area contributed by atoms with Gasteiger partial charge >= 0.3 is 0 Å². The van der Waals surface area contributed by atoms with Gasteiger partial charge in [-0.1, -0.05) is 0 Å². The van der Waals surface area contributed by atoms with Crippen molar-refractivity contribution >= 4 is 39.7 Å². The summed E-state index contributed by atoms with van der Waals surface area (Å²) >= 11 is 5.65. The fourth-order valence-electron chi connectivity index (χ4n) is 2.36. The molecule has 0 spiro atoms. The maximum Gasteiger partial charge on any atom is 0.231 e. The lowest BCUT2D eigenvalue weighted by Gasteiger charge is -1.94. The van der Waals surface area contributed by atoms with Gasteiger partial charge < -0.3 is 14.6 Å². The molecule has 0 aromatic carbocycles. The van der Waals surface area contributed by atoms with E-state index >= 15 is 0 Å². The minimum absolute atomic E-state index is 0.231. The Morgan fingerprint density at radius 2 is 1.29 bits per heavy atom. The second-order valence-corrected chi connectivity index (χ2v) is 5.74. The molecule has 0 amide bonds. The number of hydrogen-bond acceptors (Lipinski definition) is 7. The number of furan rings is 2. The van der Waals surface area contributed by atoms with Crippen LogP contribution in [-0.4, -0.2) is 19.9 Å². The van der Waals surface area contributed by atoms with E-state index in [-0.39, 0.29) is 11.2 Å². The summed E-state index contributed by atoms with van der Waals surface area (Å²) in [6.07, 6.45) is 0. The number of nitrogen functional groups attached to an aromatic ring is 1. The summed E-state index contributed by atoms with van der Waals surface area (Å²) in [6, 6.07) is 3.81. The van der Waals surface area contributed by atoms with Crippen molar-refractivity contribution in [3.63, 3.8) is 0 Å². The SMILES string of the molecule is Cc1cc2c(C)nc(Cl)nc2o1.Cc1cc2c(C)nc(N)nc2o1. The number of aryl methyl sites for hydroxylation is 4. The van der Waals surface area contributed by atoms with Crippen LogP contribution in [0.5, 0.6) is 0 Å². The third kappa shape index (κ3) is 3.16. The highest BCUT2D eigenvalue weighted by molar-refractivity contribution is 6.28. The zero-order chi connectivity index (χ0) is 17.4. The van der Waals surface area contributed by atoms with Gasteiger partial charge in [-0.15, -0.1) is 0 Å². The van der Waals surface area contributed by atoms with Crippen LogP contribution < -0.4 is 5.73 Å². The molecule has 0 aliphatic rings. The molecule has 0 atom stereocenters. The van der Waals surface area contributed by atoms with Gasteiger partial charge in [0, 0.05) is 0 Å². The number of nitrogens with zero attached hydrogens (tertiary/aromatic N) is 4. The minimum atomic E-state index is 0.231. The summed E-state index contributed by atoms with van der Waals surface area (Å²) < 4.78 is 10.6. The third-order valence-electron chi connectivity index (χ3n) is 3.40. The summed E-state index contributed by atoms with van der Waals surface area (Å²) in [4.78, 5) is 15.9. The summed E-state index contributed by atoms with van der Waals surface area (Å²) in [5.74, 6) is 1.91. The number of hydrogen-bond donors (Lipinski definition) is 1.